The van der Waals surface area contributed by atoms with Gasteiger partial charge < -0.3 is 15.1 Å². The predicted octanol–water partition coefficient (Wildman–Crippen LogP) is 0.583. The number of anilines is 1. The highest BCUT2D eigenvalue weighted by molar-refractivity contribution is 6.33. The van der Waals surface area contributed by atoms with E-state index < -0.39 is 0 Å². The van der Waals surface area contributed by atoms with Crippen LogP contribution in [0.4, 0.5) is 5.69 Å². The Labute approximate surface area is 157 Å². The summed E-state index contributed by atoms with van der Waals surface area (Å²) in [5, 5.41) is 3.12. The maximum absolute atomic E-state index is 12.8. The molecule has 1 unspecified atom stereocenters. The van der Waals surface area contributed by atoms with E-state index in [2.05, 4.69) is 5.32 Å². The summed E-state index contributed by atoms with van der Waals surface area (Å²) in [7, 11) is 1.62. The molecule has 2 heterocycles. The molecule has 2 aliphatic heterocycles. The lowest BCUT2D eigenvalue weighted by atomic mass is 10.1. The first-order chi connectivity index (χ1) is 12.5. The van der Waals surface area contributed by atoms with Gasteiger partial charge in [-0.15, -0.1) is 0 Å². The van der Waals surface area contributed by atoms with Gasteiger partial charge in [0, 0.05) is 46.2 Å². The van der Waals surface area contributed by atoms with Crippen molar-refractivity contribution in [2.45, 2.75) is 6.42 Å². The van der Waals surface area contributed by atoms with Gasteiger partial charge in [0.15, 0.2) is 0 Å². The van der Waals surface area contributed by atoms with Crippen molar-refractivity contribution in [3.63, 3.8) is 0 Å². The van der Waals surface area contributed by atoms with Gasteiger partial charge >= 0.3 is 0 Å². The Hall–Kier alpha value is -2.12. The Morgan fingerprint density at radius 1 is 1.19 bits per heavy atom. The van der Waals surface area contributed by atoms with Crippen LogP contribution >= 0.6 is 11.6 Å². The number of carbonyl (C=O) groups is 3. The highest BCUT2D eigenvalue weighted by Crippen LogP contribution is 2.31. The van der Waals surface area contributed by atoms with E-state index in [4.69, 9.17) is 11.6 Å². The van der Waals surface area contributed by atoms with E-state index in [1.54, 1.807) is 29.0 Å². The van der Waals surface area contributed by atoms with E-state index in [1.807, 2.05) is 17.0 Å². The molecule has 0 aromatic heterocycles. The molecule has 2 fully saturated rings. The molecule has 0 spiro atoms. The number of rotatable bonds is 4. The van der Waals surface area contributed by atoms with Crippen molar-refractivity contribution < 1.29 is 14.4 Å². The van der Waals surface area contributed by atoms with Crippen molar-refractivity contribution in [3.8, 4) is 0 Å². The topological polar surface area (TPSA) is 73.0 Å². The third-order valence-corrected chi connectivity index (χ3v) is 5.27. The van der Waals surface area contributed by atoms with Crippen molar-refractivity contribution in [3.05, 3.63) is 29.3 Å². The highest BCUT2D eigenvalue weighted by atomic mass is 35.5. The number of piperazine rings is 1. The van der Waals surface area contributed by atoms with Crippen LogP contribution in [-0.4, -0.2) is 73.8 Å². The number of hydrogen-bond donors (Lipinski definition) is 1. The molecule has 0 aliphatic carbocycles. The minimum Gasteiger partial charge on any atom is -0.358 e. The molecule has 3 amide bonds. The number of nitrogens with one attached hydrogen (secondary N) is 1. The van der Waals surface area contributed by atoms with Crippen LogP contribution in [0.2, 0.25) is 5.02 Å². The molecule has 0 radical (unpaired) electrons. The van der Waals surface area contributed by atoms with Crippen LogP contribution in [0.5, 0.6) is 0 Å². The molecule has 8 heteroatoms. The summed E-state index contributed by atoms with van der Waals surface area (Å²) in [6.45, 7) is 3.18. The maximum Gasteiger partial charge on any atom is 0.233 e. The minimum atomic E-state index is -0.343. The van der Waals surface area contributed by atoms with Crippen LogP contribution < -0.4 is 10.2 Å². The minimum absolute atomic E-state index is 0.00694. The molecule has 0 saturated carbocycles. The zero-order valence-corrected chi connectivity index (χ0v) is 15.5. The summed E-state index contributed by atoms with van der Waals surface area (Å²) in [5.41, 5.74) is 0.657. The molecule has 1 atom stereocenters. The van der Waals surface area contributed by atoms with Gasteiger partial charge in [-0.25, -0.2) is 0 Å². The molecular formula is C18H23ClN4O3. The fourth-order valence-electron chi connectivity index (χ4n) is 3.44. The smallest absolute Gasteiger partial charge is 0.233 e. The highest BCUT2D eigenvalue weighted by Gasteiger charge is 2.38. The Balaban J connectivity index is 1.57. The van der Waals surface area contributed by atoms with E-state index >= 15 is 0 Å². The second-order valence-electron chi connectivity index (χ2n) is 6.63. The summed E-state index contributed by atoms with van der Waals surface area (Å²) < 4.78 is 0. The Bertz CT molecular complexity index is 703. The van der Waals surface area contributed by atoms with Crippen LogP contribution in [0.25, 0.3) is 0 Å². The van der Waals surface area contributed by atoms with Crippen LogP contribution in [0.15, 0.2) is 24.3 Å². The maximum atomic E-state index is 12.8. The van der Waals surface area contributed by atoms with Crippen molar-refractivity contribution in [2.75, 3.05) is 51.2 Å². The van der Waals surface area contributed by atoms with Gasteiger partial charge in [-0.1, -0.05) is 23.7 Å². The van der Waals surface area contributed by atoms with Crippen LogP contribution in [0.1, 0.15) is 6.42 Å². The summed E-state index contributed by atoms with van der Waals surface area (Å²) in [4.78, 5) is 42.1. The van der Waals surface area contributed by atoms with Gasteiger partial charge in [0.05, 0.1) is 23.2 Å². The number of para-hydroxylation sites is 1. The molecule has 1 N–H and O–H groups in total. The third-order valence-electron chi connectivity index (χ3n) is 4.95. The average Bonchev–Trinajstić information content (AvgIpc) is 3.03. The van der Waals surface area contributed by atoms with Gasteiger partial charge in [0.1, 0.15) is 0 Å². The quantitative estimate of drug-likeness (QED) is 0.832. The lowest BCUT2D eigenvalue weighted by molar-refractivity contribution is -0.137. The third kappa shape index (κ3) is 3.99. The summed E-state index contributed by atoms with van der Waals surface area (Å²) in [5.74, 6) is -0.437. The Morgan fingerprint density at radius 3 is 2.54 bits per heavy atom. The van der Waals surface area contributed by atoms with E-state index in [-0.39, 0.29) is 30.1 Å². The van der Waals surface area contributed by atoms with Crippen LogP contribution in [-0.2, 0) is 14.4 Å². The van der Waals surface area contributed by atoms with E-state index in [1.165, 1.54) is 0 Å². The van der Waals surface area contributed by atoms with Gasteiger partial charge in [0.25, 0.3) is 0 Å². The monoisotopic (exact) mass is 378 g/mol. The van der Waals surface area contributed by atoms with Crippen molar-refractivity contribution in [2.24, 2.45) is 5.92 Å². The van der Waals surface area contributed by atoms with Crippen molar-refractivity contribution in [1.29, 1.82) is 0 Å². The average molecular weight is 379 g/mol. The number of nitrogens with zero attached hydrogens (tertiary/aromatic N) is 3. The fourth-order valence-corrected chi connectivity index (χ4v) is 3.68. The number of likely N-dealkylation sites (N-methyl/N-ethyl adjacent to an activating group) is 1. The van der Waals surface area contributed by atoms with E-state index in [0.29, 0.717) is 50.0 Å². The van der Waals surface area contributed by atoms with Gasteiger partial charge in [-0.05, 0) is 12.1 Å². The Morgan fingerprint density at radius 2 is 1.88 bits per heavy atom. The fraction of sp³-hybridized carbons (Fsp3) is 0.500. The predicted molar refractivity (Wildman–Crippen MR) is 99.0 cm³/mol. The second kappa shape index (κ2) is 8.05. The number of hydrogen-bond acceptors (Lipinski definition) is 4. The molecule has 1 aromatic carbocycles. The largest absolute Gasteiger partial charge is 0.358 e. The molecule has 2 saturated heterocycles. The first kappa shape index (κ1) is 18.7. The molecule has 3 rings (SSSR count). The second-order valence-corrected chi connectivity index (χ2v) is 7.04. The SMILES string of the molecule is CNC(=O)CN1CCN(C(=O)C2CC(=O)N(c3ccccc3Cl)C2)CC1. The molecule has 2 aliphatic rings. The number of carbonyl (C=O) groups excluding carboxylic acids is 3. The van der Waals surface area contributed by atoms with Gasteiger partial charge in [-0.2, -0.15) is 0 Å². The van der Waals surface area contributed by atoms with Crippen LogP contribution in [0, 0.1) is 5.92 Å². The lowest BCUT2D eigenvalue weighted by Gasteiger charge is -2.35. The zero-order valence-electron chi connectivity index (χ0n) is 14.8. The number of benzene rings is 1. The van der Waals surface area contributed by atoms with Crippen molar-refractivity contribution >= 4 is 35.0 Å². The van der Waals surface area contributed by atoms with Crippen LogP contribution in [0.3, 0.4) is 0 Å². The van der Waals surface area contributed by atoms with E-state index in [9.17, 15) is 14.4 Å². The first-order valence-corrected chi connectivity index (χ1v) is 9.14. The lowest BCUT2D eigenvalue weighted by Crippen LogP contribution is -2.52. The number of halogens is 1. The van der Waals surface area contributed by atoms with Gasteiger partial charge in [-0.3, -0.25) is 19.3 Å². The molecule has 1 aromatic rings. The van der Waals surface area contributed by atoms with E-state index in [0.717, 1.165) is 0 Å². The Kier molecular flexibility index (Phi) is 5.78. The molecule has 140 valence electrons. The summed E-state index contributed by atoms with van der Waals surface area (Å²) in [6.07, 6.45) is 0.211. The summed E-state index contributed by atoms with van der Waals surface area (Å²) >= 11 is 6.19. The normalized spacial score (nSPS) is 21.2. The zero-order chi connectivity index (χ0) is 18.7. The van der Waals surface area contributed by atoms with Crippen molar-refractivity contribution in [1.82, 2.24) is 15.1 Å². The molecule has 0 bridgehead atoms. The molecule has 7 nitrogen and oxygen atoms in total. The standard InChI is InChI=1S/C18H23ClN4O3/c1-20-16(24)12-21-6-8-22(9-7-21)18(26)13-10-17(25)23(11-13)15-5-3-2-4-14(15)19/h2-5,13H,6-12H2,1H3,(H,20,24). The number of amides is 3. The molecule has 26 heavy (non-hydrogen) atoms. The first-order valence-electron chi connectivity index (χ1n) is 8.76. The summed E-state index contributed by atoms with van der Waals surface area (Å²) in [6, 6.07) is 7.18. The van der Waals surface area contributed by atoms with Gasteiger partial charge in [0.2, 0.25) is 17.7 Å². The molecular weight excluding hydrogens is 356 g/mol.